The van der Waals surface area contributed by atoms with E-state index in [2.05, 4.69) is 17.7 Å². The molecule has 0 radical (unpaired) electrons. The summed E-state index contributed by atoms with van der Waals surface area (Å²) in [5, 5.41) is 10.3. The first-order chi connectivity index (χ1) is 7.97. The predicted molar refractivity (Wildman–Crippen MR) is 68.8 cm³/mol. The average Bonchev–Trinajstić information content (AvgIpc) is 2.61. The minimum atomic E-state index is -0.851. The first-order valence-corrected chi connectivity index (χ1v) is 5.80. The summed E-state index contributed by atoms with van der Waals surface area (Å²) in [4.78, 5) is 11.2. The van der Waals surface area contributed by atoms with Crippen LogP contribution in [0.2, 0.25) is 0 Å². The standard InChI is InChI=1S/C14H17NO2/c1-5-15-7-9(3)12-10(4)11(14(16)17)6-8(2)13(12)15/h6-7H,5H2,1-4H3,(H,16,17). The Morgan fingerprint density at radius 2 is 1.94 bits per heavy atom. The summed E-state index contributed by atoms with van der Waals surface area (Å²) >= 11 is 0. The molecule has 0 aliphatic rings. The zero-order chi connectivity index (χ0) is 12.7. The van der Waals surface area contributed by atoms with Crippen molar-refractivity contribution in [2.24, 2.45) is 0 Å². The van der Waals surface area contributed by atoms with Crippen LogP contribution in [0.4, 0.5) is 0 Å². The van der Waals surface area contributed by atoms with Gasteiger partial charge in [-0.25, -0.2) is 4.79 Å². The van der Waals surface area contributed by atoms with E-state index in [1.165, 1.54) is 0 Å². The molecule has 1 N–H and O–H groups in total. The molecule has 1 aromatic carbocycles. The highest BCUT2D eigenvalue weighted by Crippen LogP contribution is 2.30. The van der Waals surface area contributed by atoms with E-state index in [0.717, 1.165) is 34.1 Å². The lowest BCUT2D eigenvalue weighted by Crippen LogP contribution is -2.02. The van der Waals surface area contributed by atoms with Crippen LogP contribution in [0.5, 0.6) is 0 Å². The number of carboxylic acids is 1. The van der Waals surface area contributed by atoms with Crippen molar-refractivity contribution in [1.82, 2.24) is 4.57 Å². The molecule has 0 saturated heterocycles. The van der Waals surface area contributed by atoms with Crippen molar-refractivity contribution >= 4 is 16.9 Å². The molecule has 0 atom stereocenters. The van der Waals surface area contributed by atoms with Crippen LogP contribution in [0.1, 0.15) is 34.0 Å². The number of aromatic carboxylic acids is 1. The van der Waals surface area contributed by atoms with Gasteiger partial charge in [0.25, 0.3) is 0 Å². The second-order valence-corrected chi connectivity index (χ2v) is 4.49. The molecule has 2 rings (SSSR count). The molecule has 0 spiro atoms. The van der Waals surface area contributed by atoms with E-state index in [0.29, 0.717) is 5.56 Å². The van der Waals surface area contributed by atoms with Gasteiger partial charge >= 0.3 is 5.97 Å². The third-order valence-electron chi connectivity index (χ3n) is 3.35. The van der Waals surface area contributed by atoms with Crippen LogP contribution in [-0.2, 0) is 6.54 Å². The number of carbonyl (C=O) groups is 1. The fourth-order valence-corrected chi connectivity index (χ4v) is 2.59. The van der Waals surface area contributed by atoms with Gasteiger partial charge in [-0.2, -0.15) is 0 Å². The van der Waals surface area contributed by atoms with Gasteiger partial charge in [-0.05, 0) is 50.5 Å². The molecular weight excluding hydrogens is 214 g/mol. The summed E-state index contributed by atoms with van der Waals surface area (Å²) < 4.78 is 2.18. The van der Waals surface area contributed by atoms with E-state index in [1.54, 1.807) is 6.07 Å². The number of nitrogens with zero attached hydrogens (tertiary/aromatic N) is 1. The van der Waals surface area contributed by atoms with Crippen molar-refractivity contribution in [1.29, 1.82) is 0 Å². The van der Waals surface area contributed by atoms with E-state index in [-0.39, 0.29) is 0 Å². The second-order valence-electron chi connectivity index (χ2n) is 4.49. The lowest BCUT2D eigenvalue weighted by atomic mass is 9.99. The lowest BCUT2D eigenvalue weighted by Gasteiger charge is -2.09. The first kappa shape index (κ1) is 11.7. The number of benzene rings is 1. The molecule has 1 aromatic heterocycles. The molecule has 0 aliphatic heterocycles. The molecule has 2 aromatic rings. The van der Waals surface area contributed by atoms with Crippen LogP contribution in [-0.4, -0.2) is 15.6 Å². The van der Waals surface area contributed by atoms with Crippen LogP contribution >= 0.6 is 0 Å². The van der Waals surface area contributed by atoms with Gasteiger partial charge in [0.05, 0.1) is 11.1 Å². The molecule has 1 heterocycles. The number of aryl methyl sites for hydroxylation is 4. The molecule has 0 amide bonds. The summed E-state index contributed by atoms with van der Waals surface area (Å²) in [5.74, 6) is -0.851. The third-order valence-corrected chi connectivity index (χ3v) is 3.35. The Morgan fingerprint density at radius 3 is 2.47 bits per heavy atom. The molecular formula is C14H17NO2. The second kappa shape index (κ2) is 3.91. The highest BCUT2D eigenvalue weighted by atomic mass is 16.4. The fourth-order valence-electron chi connectivity index (χ4n) is 2.59. The van der Waals surface area contributed by atoms with Gasteiger partial charge in [0.2, 0.25) is 0 Å². The molecule has 17 heavy (non-hydrogen) atoms. The van der Waals surface area contributed by atoms with Crippen LogP contribution in [0.25, 0.3) is 10.9 Å². The Morgan fingerprint density at radius 1 is 1.29 bits per heavy atom. The number of aromatic nitrogens is 1. The van der Waals surface area contributed by atoms with E-state index < -0.39 is 5.97 Å². The number of fused-ring (bicyclic) bond motifs is 1. The van der Waals surface area contributed by atoms with Gasteiger partial charge in [-0.3, -0.25) is 0 Å². The largest absolute Gasteiger partial charge is 0.478 e. The molecule has 90 valence electrons. The minimum absolute atomic E-state index is 0.409. The average molecular weight is 231 g/mol. The smallest absolute Gasteiger partial charge is 0.335 e. The Balaban J connectivity index is 2.95. The predicted octanol–water partition coefficient (Wildman–Crippen LogP) is 3.28. The number of hydrogen-bond donors (Lipinski definition) is 1. The van der Waals surface area contributed by atoms with Crippen molar-refractivity contribution in [2.75, 3.05) is 0 Å². The highest BCUT2D eigenvalue weighted by molar-refractivity contribution is 5.99. The molecule has 0 fully saturated rings. The Hall–Kier alpha value is -1.77. The molecule has 3 heteroatoms. The summed E-state index contributed by atoms with van der Waals surface area (Å²) in [6.45, 7) is 8.89. The Kier molecular flexibility index (Phi) is 2.69. The summed E-state index contributed by atoms with van der Waals surface area (Å²) in [5.41, 5.74) is 4.60. The van der Waals surface area contributed by atoms with Crippen molar-refractivity contribution < 1.29 is 9.90 Å². The number of hydrogen-bond acceptors (Lipinski definition) is 1. The van der Waals surface area contributed by atoms with Gasteiger partial charge in [0.1, 0.15) is 0 Å². The Bertz CT molecular complexity index is 608. The zero-order valence-corrected chi connectivity index (χ0v) is 10.7. The van der Waals surface area contributed by atoms with Crippen LogP contribution in [0, 0.1) is 20.8 Å². The SMILES string of the molecule is CCn1cc(C)c2c(C)c(C(=O)O)cc(C)c21. The summed E-state index contributed by atoms with van der Waals surface area (Å²) in [7, 11) is 0. The van der Waals surface area contributed by atoms with Gasteiger partial charge in [0.15, 0.2) is 0 Å². The zero-order valence-electron chi connectivity index (χ0n) is 10.7. The van der Waals surface area contributed by atoms with Gasteiger partial charge in [-0.15, -0.1) is 0 Å². The number of carboxylic acid groups (broad SMARTS) is 1. The fraction of sp³-hybridized carbons (Fsp3) is 0.357. The maximum atomic E-state index is 11.2. The maximum absolute atomic E-state index is 11.2. The lowest BCUT2D eigenvalue weighted by molar-refractivity contribution is 0.0696. The monoisotopic (exact) mass is 231 g/mol. The van der Waals surface area contributed by atoms with Crippen molar-refractivity contribution in [3.05, 3.63) is 34.5 Å². The number of rotatable bonds is 2. The van der Waals surface area contributed by atoms with E-state index in [1.807, 2.05) is 20.8 Å². The van der Waals surface area contributed by atoms with Crippen LogP contribution in [0.3, 0.4) is 0 Å². The van der Waals surface area contributed by atoms with E-state index in [9.17, 15) is 9.90 Å². The van der Waals surface area contributed by atoms with Crippen LogP contribution in [0.15, 0.2) is 12.3 Å². The maximum Gasteiger partial charge on any atom is 0.335 e. The van der Waals surface area contributed by atoms with Gasteiger partial charge < -0.3 is 9.67 Å². The molecule has 0 aliphatic carbocycles. The van der Waals surface area contributed by atoms with Crippen LogP contribution < -0.4 is 0 Å². The van der Waals surface area contributed by atoms with E-state index in [4.69, 9.17) is 0 Å². The molecule has 0 bridgehead atoms. The quantitative estimate of drug-likeness (QED) is 0.861. The minimum Gasteiger partial charge on any atom is -0.478 e. The van der Waals surface area contributed by atoms with Crippen molar-refractivity contribution in [3.63, 3.8) is 0 Å². The van der Waals surface area contributed by atoms with Crippen molar-refractivity contribution in [2.45, 2.75) is 34.2 Å². The summed E-state index contributed by atoms with van der Waals surface area (Å²) in [6, 6.07) is 1.77. The molecule has 0 unspecified atom stereocenters. The van der Waals surface area contributed by atoms with Gasteiger partial charge in [0, 0.05) is 18.1 Å². The highest BCUT2D eigenvalue weighted by Gasteiger charge is 2.16. The molecule has 0 saturated carbocycles. The third kappa shape index (κ3) is 1.62. The Labute approximate surface area is 101 Å². The molecule has 3 nitrogen and oxygen atoms in total. The summed E-state index contributed by atoms with van der Waals surface area (Å²) in [6.07, 6.45) is 2.09. The first-order valence-electron chi connectivity index (χ1n) is 5.80. The normalized spacial score (nSPS) is 11.1. The van der Waals surface area contributed by atoms with Crippen molar-refractivity contribution in [3.8, 4) is 0 Å². The van der Waals surface area contributed by atoms with E-state index >= 15 is 0 Å². The van der Waals surface area contributed by atoms with Gasteiger partial charge in [-0.1, -0.05) is 0 Å². The topological polar surface area (TPSA) is 42.2 Å².